The standard InChI is InChI=1S/C13H18F3NO/c1-17-9-11-4-2-5-12(8-11)10-18-7-3-6-13(14,15)16/h2,4-5,8,17H,3,6-7,9-10H2,1H3. The second kappa shape index (κ2) is 7.38. The second-order valence-corrected chi connectivity index (χ2v) is 4.12. The van der Waals surface area contributed by atoms with Crippen molar-refractivity contribution in [3.63, 3.8) is 0 Å². The molecule has 0 heterocycles. The third-order valence-electron chi connectivity index (χ3n) is 2.39. The van der Waals surface area contributed by atoms with Crippen LogP contribution >= 0.6 is 0 Å². The molecule has 1 rings (SSSR count). The highest BCUT2D eigenvalue weighted by molar-refractivity contribution is 5.22. The van der Waals surface area contributed by atoms with Gasteiger partial charge in [-0.3, -0.25) is 0 Å². The van der Waals surface area contributed by atoms with E-state index < -0.39 is 12.6 Å². The molecule has 0 aliphatic heterocycles. The summed E-state index contributed by atoms with van der Waals surface area (Å²) in [6.07, 6.45) is -4.86. The third kappa shape index (κ3) is 6.61. The fourth-order valence-electron chi connectivity index (χ4n) is 1.60. The lowest BCUT2D eigenvalue weighted by atomic mass is 10.1. The Hall–Kier alpha value is -1.07. The minimum Gasteiger partial charge on any atom is -0.377 e. The van der Waals surface area contributed by atoms with Gasteiger partial charge in [-0.05, 0) is 24.6 Å². The van der Waals surface area contributed by atoms with Gasteiger partial charge in [0.25, 0.3) is 0 Å². The van der Waals surface area contributed by atoms with E-state index in [1.54, 1.807) is 0 Å². The minimum atomic E-state index is -4.09. The van der Waals surface area contributed by atoms with E-state index in [4.69, 9.17) is 4.74 Å². The maximum absolute atomic E-state index is 11.9. The molecule has 5 heteroatoms. The predicted octanol–water partition coefficient (Wildman–Crippen LogP) is 3.27. The van der Waals surface area contributed by atoms with Crippen LogP contribution in [0.3, 0.4) is 0 Å². The molecule has 0 saturated carbocycles. The first kappa shape index (κ1) is 15.0. The van der Waals surface area contributed by atoms with Gasteiger partial charge in [0.05, 0.1) is 6.61 Å². The summed E-state index contributed by atoms with van der Waals surface area (Å²) in [5, 5.41) is 3.04. The van der Waals surface area contributed by atoms with Crippen molar-refractivity contribution in [3.8, 4) is 0 Å². The summed E-state index contributed by atoms with van der Waals surface area (Å²) in [6, 6.07) is 7.80. The molecule has 0 amide bonds. The van der Waals surface area contributed by atoms with Gasteiger partial charge in [0.1, 0.15) is 0 Å². The van der Waals surface area contributed by atoms with Gasteiger partial charge >= 0.3 is 6.18 Å². The van der Waals surface area contributed by atoms with Crippen molar-refractivity contribution in [3.05, 3.63) is 35.4 Å². The number of halogens is 3. The second-order valence-electron chi connectivity index (χ2n) is 4.12. The number of hydrogen-bond donors (Lipinski definition) is 1. The fourth-order valence-corrected chi connectivity index (χ4v) is 1.60. The van der Waals surface area contributed by atoms with Crippen molar-refractivity contribution in [1.82, 2.24) is 5.32 Å². The van der Waals surface area contributed by atoms with Gasteiger partial charge < -0.3 is 10.1 Å². The summed E-state index contributed by atoms with van der Waals surface area (Å²) in [4.78, 5) is 0. The number of rotatable bonds is 7. The Balaban J connectivity index is 2.24. The quantitative estimate of drug-likeness (QED) is 0.761. The Labute approximate surface area is 105 Å². The van der Waals surface area contributed by atoms with Crippen molar-refractivity contribution in [1.29, 1.82) is 0 Å². The molecule has 0 radical (unpaired) electrons. The number of benzene rings is 1. The SMILES string of the molecule is CNCc1cccc(COCCCC(F)(F)F)c1. The van der Waals surface area contributed by atoms with Crippen LogP contribution in [-0.4, -0.2) is 19.8 Å². The molecule has 0 aliphatic carbocycles. The monoisotopic (exact) mass is 261 g/mol. The van der Waals surface area contributed by atoms with Crippen LogP contribution in [0.5, 0.6) is 0 Å². The highest BCUT2D eigenvalue weighted by Gasteiger charge is 2.25. The van der Waals surface area contributed by atoms with Crippen LogP contribution in [0.4, 0.5) is 13.2 Å². The zero-order chi connectivity index (χ0) is 13.4. The van der Waals surface area contributed by atoms with E-state index in [2.05, 4.69) is 5.32 Å². The van der Waals surface area contributed by atoms with Crippen LogP contribution in [0.1, 0.15) is 24.0 Å². The van der Waals surface area contributed by atoms with Crippen molar-refractivity contribution < 1.29 is 17.9 Å². The van der Waals surface area contributed by atoms with Crippen molar-refractivity contribution in [2.24, 2.45) is 0 Å². The number of ether oxygens (including phenoxy) is 1. The smallest absolute Gasteiger partial charge is 0.377 e. The minimum absolute atomic E-state index is 0.0136. The summed E-state index contributed by atoms with van der Waals surface area (Å²) < 4.78 is 40.9. The van der Waals surface area contributed by atoms with E-state index in [9.17, 15) is 13.2 Å². The normalized spacial score (nSPS) is 11.8. The van der Waals surface area contributed by atoms with Gasteiger partial charge in [-0.25, -0.2) is 0 Å². The Morgan fingerprint density at radius 1 is 1.22 bits per heavy atom. The van der Waals surface area contributed by atoms with Crippen molar-refractivity contribution in [2.75, 3.05) is 13.7 Å². The Morgan fingerprint density at radius 2 is 1.94 bits per heavy atom. The average Bonchev–Trinajstić information content (AvgIpc) is 2.28. The molecule has 0 aliphatic rings. The highest BCUT2D eigenvalue weighted by Crippen LogP contribution is 2.21. The van der Waals surface area contributed by atoms with Gasteiger partial charge in [0.15, 0.2) is 0 Å². The highest BCUT2D eigenvalue weighted by atomic mass is 19.4. The van der Waals surface area contributed by atoms with Crippen LogP contribution in [0.25, 0.3) is 0 Å². The van der Waals surface area contributed by atoms with Crippen LogP contribution in [0.2, 0.25) is 0 Å². The molecule has 1 N–H and O–H groups in total. The average molecular weight is 261 g/mol. The van der Waals surface area contributed by atoms with Crippen molar-refractivity contribution >= 4 is 0 Å². The molecule has 1 aromatic rings. The van der Waals surface area contributed by atoms with Gasteiger partial charge in [0, 0.05) is 19.6 Å². The molecule has 102 valence electrons. The summed E-state index contributed by atoms with van der Waals surface area (Å²) in [5.74, 6) is 0. The third-order valence-corrected chi connectivity index (χ3v) is 2.39. The topological polar surface area (TPSA) is 21.3 Å². The number of hydrogen-bond acceptors (Lipinski definition) is 2. The lowest BCUT2D eigenvalue weighted by molar-refractivity contribution is -0.138. The molecule has 0 unspecified atom stereocenters. The first-order valence-corrected chi connectivity index (χ1v) is 5.88. The van der Waals surface area contributed by atoms with Crippen LogP contribution in [0, 0.1) is 0 Å². The zero-order valence-electron chi connectivity index (χ0n) is 10.4. The van der Waals surface area contributed by atoms with Crippen LogP contribution in [0.15, 0.2) is 24.3 Å². The molecular formula is C13H18F3NO. The summed E-state index contributed by atoms with van der Waals surface area (Å²) >= 11 is 0. The first-order chi connectivity index (χ1) is 8.51. The molecule has 0 saturated heterocycles. The van der Waals surface area contributed by atoms with Gasteiger partial charge in [-0.15, -0.1) is 0 Å². The Kier molecular flexibility index (Phi) is 6.15. The van der Waals surface area contributed by atoms with E-state index in [0.29, 0.717) is 6.61 Å². The van der Waals surface area contributed by atoms with E-state index in [-0.39, 0.29) is 13.0 Å². The van der Waals surface area contributed by atoms with Gasteiger partial charge in [-0.1, -0.05) is 24.3 Å². The predicted molar refractivity (Wildman–Crippen MR) is 64.2 cm³/mol. The van der Waals surface area contributed by atoms with Crippen LogP contribution < -0.4 is 5.32 Å². The zero-order valence-corrected chi connectivity index (χ0v) is 10.4. The largest absolute Gasteiger partial charge is 0.389 e. The first-order valence-electron chi connectivity index (χ1n) is 5.88. The number of nitrogens with one attached hydrogen (secondary N) is 1. The van der Waals surface area contributed by atoms with Gasteiger partial charge in [-0.2, -0.15) is 13.2 Å². The molecule has 0 fully saturated rings. The van der Waals surface area contributed by atoms with E-state index in [0.717, 1.165) is 17.7 Å². The lowest BCUT2D eigenvalue weighted by Crippen LogP contribution is -2.09. The number of alkyl halides is 3. The molecule has 18 heavy (non-hydrogen) atoms. The van der Waals surface area contributed by atoms with E-state index in [1.165, 1.54) is 0 Å². The van der Waals surface area contributed by atoms with E-state index >= 15 is 0 Å². The molecule has 0 bridgehead atoms. The summed E-state index contributed by atoms with van der Waals surface area (Å²) in [5.41, 5.74) is 2.11. The molecule has 0 aromatic heterocycles. The molecular weight excluding hydrogens is 243 g/mol. The van der Waals surface area contributed by atoms with Crippen molar-refractivity contribution in [2.45, 2.75) is 32.2 Å². The maximum atomic E-state index is 11.9. The molecule has 0 spiro atoms. The molecule has 1 aromatic carbocycles. The molecule has 2 nitrogen and oxygen atoms in total. The maximum Gasteiger partial charge on any atom is 0.389 e. The Bertz CT molecular complexity index is 352. The Morgan fingerprint density at radius 3 is 2.61 bits per heavy atom. The summed E-state index contributed by atoms with van der Waals surface area (Å²) in [7, 11) is 1.86. The molecule has 0 atom stereocenters. The van der Waals surface area contributed by atoms with Gasteiger partial charge in [0.2, 0.25) is 0 Å². The van der Waals surface area contributed by atoms with Crippen LogP contribution in [-0.2, 0) is 17.9 Å². The lowest BCUT2D eigenvalue weighted by Gasteiger charge is -2.08. The summed E-state index contributed by atoms with van der Waals surface area (Å²) in [6.45, 7) is 1.26. The van der Waals surface area contributed by atoms with E-state index in [1.807, 2.05) is 31.3 Å². The fraction of sp³-hybridized carbons (Fsp3) is 0.538.